The van der Waals surface area contributed by atoms with Crippen LogP contribution in [0.4, 0.5) is 0 Å². The normalized spacial score (nSPS) is 18.8. The van der Waals surface area contributed by atoms with E-state index in [2.05, 4.69) is 17.0 Å². The predicted octanol–water partition coefficient (Wildman–Crippen LogP) is 1.67. The van der Waals surface area contributed by atoms with E-state index in [1.165, 1.54) is 0 Å². The van der Waals surface area contributed by atoms with Crippen LogP contribution in [-0.4, -0.2) is 67.8 Å². The highest BCUT2D eigenvalue weighted by Gasteiger charge is 2.26. The van der Waals surface area contributed by atoms with E-state index in [4.69, 9.17) is 9.26 Å². The largest absolute Gasteiger partial charge is 0.383 e. The zero-order valence-corrected chi connectivity index (χ0v) is 13.9. The minimum Gasteiger partial charge on any atom is -0.383 e. The zero-order valence-electron chi connectivity index (χ0n) is 13.9. The van der Waals surface area contributed by atoms with Crippen molar-refractivity contribution >= 4 is 5.91 Å². The lowest BCUT2D eigenvalue weighted by atomic mass is 10.1. The Morgan fingerprint density at radius 3 is 3.14 bits per heavy atom. The molecule has 2 rings (SSSR count). The standard InChI is InChI=1S/C16H27N3O3/c1-4-5-14-10-15(17-22-14)16(20)18(2)11-13-6-7-19(12-13)8-9-21-3/h10,13H,4-9,11-12H2,1-3H3/t13-/m1/s1. The molecule has 1 saturated heterocycles. The van der Waals surface area contributed by atoms with E-state index in [0.29, 0.717) is 11.6 Å². The van der Waals surface area contributed by atoms with Crippen LogP contribution in [0.25, 0.3) is 0 Å². The van der Waals surface area contributed by atoms with Crippen LogP contribution in [0.1, 0.15) is 36.0 Å². The summed E-state index contributed by atoms with van der Waals surface area (Å²) in [7, 11) is 3.57. The van der Waals surface area contributed by atoms with Crippen LogP contribution in [0.15, 0.2) is 10.6 Å². The van der Waals surface area contributed by atoms with Crippen LogP contribution < -0.4 is 0 Å². The molecule has 1 aromatic heterocycles. The van der Waals surface area contributed by atoms with Gasteiger partial charge in [0.2, 0.25) is 0 Å². The summed E-state index contributed by atoms with van der Waals surface area (Å²) in [6.45, 7) is 6.68. The number of methoxy groups -OCH3 is 1. The summed E-state index contributed by atoms with van der Waals surface area (Å²) >= 11 is 0. The average Bonchev–Trinajstić information content (AvgIpc) is 3.14. The first-order valence-electron chi connectivity index (χ1n) is 8.06. The van der Waals surface area contributed by atoms with E-state index < -0.39 is 0 Å². The number of carbonyl (C=O) groups is 1. The molecule has 6 heteroatoms. The second-order valence-corrected chi connectivity index (χ2v) is 6.06. The van der Waals surface area contributed by atoms with Crippen molar-refractivity contribution in [3.05, 3.63) is 17.5 Å². The van der Waals surface area contributed by atoms with Crippen LogP contribution in [0.2, 0.25) is 0 Å². The van der Waals surface area contributed by atoms with Gasteiger partial charge < -0.3 is 19.1 Å². The van der Waals surface area contributed by atoms with E-state index in [9.17, 15) is 4.79 Å². The number of carbonyl (C=O) groups excluding carboxylic acids is 1. The fraction of sp³-hybridized carbons (Fsp3) is 0.750. The lowest BCUT2D eigenvalue weighted by Gasteiger charge is -2.21. The van der Waals surface area contributed by atoms with Crippen LogP contribution in [0.3, 0.4) is 0 Å². The second kappa shape index (κ2) is 8.29. The van der Waals surface area contributed by atoms with Crippen LogP contribution in [0, 0.1) is 5.92 Å². The van der Waals surface area contributed by atoms with E-state index in [1.54, 1.807) is 18.1 Å². The maximum absolute atomic E-state index is 12.4. The zero-order chi connectivity index (χ0) is 15.9. The summed E-state index contributed by atoms with van der Waals surface area (Å²) in [5.41, 5.74) is 0.417. The number of hydrogen-bond acceptors (Lipinski definition) is 5. The van der Waals surface area contributed by atoms with E-state index in [-0.39, 0.29) is 5.91 Å². The lowest BCUT2D eigenvalue weighted by Crippen LogP contribution is -2.33. The molecule has 6 nitrogen and oxygen atoms in total. The number of aromatic nitrogens is 1. The molecule has 124 valence electrons. The first kappa shape index (κ1) is 17.0. The molecule has 1 atom stereocenters. The number of likely N-dealkylation sites (tertiary alicyclic amines) is 1. The molecule has 1 amide bonds. The molecule has 1 aliphatic heterocycles. The lowest BCUT2D eigenvalue weighted by molar-refractivity contribution is 0.0761. The summed E-state index contributed by atoms with van der Waals surface area (Å²) in [5.74, 6) is 1.25. The molecule has 2 heterocycles. The van der Waals surface area contributed by atoms with Gasteiger partial charge in [-0.15, -0.1) is 0 Å². The van der Waals surface area contributed by atoms with Crippen molar-refractivity contribution in [2.75, 3.05) is 46.9 Å². The molecular weight excluding hydrogens is 282 g/mol. The van der Waals surface area contributed by atoms with Gasteiger partial charge in [0.05, 0.1) is 6.61 Å². The number of rotatable bonds is 8. The Bertz CT molecular complexity index is 475. The van der Waals surface area contributed by atoms with Gasteiger partial charge in [0, 0.05) is 46.3 Å². The maximum atomic E-state index is 12.4. The summed E-state index contributed by atoms with van der Waals surface area (Å²) in [5, 5.41) is 3.89. The van der Waals surface area contributed by atoms with Crippen molar-refractivity contribution in [2.45, 2.75) is 26.2 Å². The molecular formula is C16H27N3O3. The van der Waals surface area contributed by atoms with Crippen molar-refractivity contribution in [1.82, 2.24) is 15.0 Å². The molecule has 0 unspecified atom stereocenters. The fourth-order valence-electron chi connectivity index (χ4n) is 2.93. The number of ether oxygens (including phenoxy) is 1. The van der Waals surface area contributed by atoms with E-state index in [0.717, 1.165) is 57.8 Å². The molecule has 1 aromatic rings. The quantitative estimate of drug-likeness (QED) is 0.731. The second-order valence-electron chi connectivity index (χ2n) is 6.06. The first-order chi connectivity index (χ1) is 10.6. The Morgan fingerprint density at radius 1 is 1.59 bits per heavy atom. The summed E-state index contributed by atoms with van der Waals surface area (Å²) in [4.78, 5) is 16.5. The van der Waals surface area contributed by atoms with Crippen LogP contribution in [0.5, 0.6) is 0 Å². The molecule has 0 radical (unpaired) electrons. The molecule has 0 N–H and O–H groups in total. The minimum absolute atomic E-state index is 0.0542. The summed E-state index contributed by atoms with van der Waals surface area (Å²) < 4.78 is 10.3. The highest BCUT2D eigenvalue weighted by molar-refractivity contribution is 5.92. The van der Waals surface area contributed by atoms with Gasteiger partial charge in [0.25, 0.3) is 5.91 Å². The van der Waals surface area contributed by atoms with Gasteiger partial charge in [-0.3, -0.25) is 4.79 Å². The number of amides is 1. The highest BCUT2D eigenvalue weighted by atomic mass is 16.5. The molecule has 0 saturated carbocycles. The van der Waals surface area contributed by atoms with Crippen molar-refractivity contribution in [1.29, 1.82) is 0 Å². The van der Waals surface area contributed by atoms with Gasteiger partial charge in [-0.05, 0) is 25.3 Å². The molecule has 1 aliphatic rings. The number of nitrogens with zero attached hydrogens (tertiary/aromatic N) is 3. The molecule has 0 bridgehead atoms. The van der Waals surface area contributed by atoms with E-state index >= 15 is 0 Å². The molecule has 0 aromatic carbocycles. The first-order valence-corrected chi connectivity index (χ1v) is 8.06. The third kappa shape index (κ3) is 4.55. The SMILES string of the molecule is CCCc1cc(C(=O)N(C)C[C@H]2CCN(CCOC)C2)no1. The van der Waals surface area contributed by atoms with Gasteiger partial charge >= 0.3 is 0 Å². The Labute approximate surface area is 132 Å². The fourth-order valence-corrected chi connectivity index (χ4v) is 2.93. The number of hydrogen-bond donors (Lipinski definition) is 0. The number of aryl methyl sites for hydroxylation is 1. The Morgan fingerprint density at radius 2 is 2.41 bits per heavy atom. The molecule has 0 spiro atoms. The highest BCUT2D eigenvalue weighted by Crippen LogP contribution is 2.18. The van der Waals surface area contributed by atoms with Gasteiger partial charge in [-0.2, -0.15) is 0 Å². The van der Waals surface area contributed by atoms with Crippen molar-refractivity contribution in [3.8, 4) is 0 Å². The third-order valence-corrected chi connectivity index (χ3v) is 4.13. The third-order valence-electron chi connectivity index (χ3n) is 4.13. The van der Waals surface area contributed by atoms with Crippen molar-refractivity contribution in [3.63, 3.8) is 0 Å². The maximum Gasteiger partial charge on any atom is 0.275 e. The Kier molecular flexibility index (Phi) is 6.39. The Hall–Kier alpha value is -1.40. The van der Waals surface area contributed by atoms with Gasteiger partial charge in [-0.1, -0.05) is 12.1 Å². The summed E-state index contributed by atoms with van der Waals surface area (Å²) in [6, 6.07) is 1.77. The molecule has 1 fully saturated rings. The van der Waals surface area contributed by atoms with E-state index in [1.807, 2.05) is 7.05 Å². The van der Waals surface area contributed by atoms with Gasteiger partial charge in [-0.25, -0.2) is 0 Å². The van der Waals surface area contributed by atoms with Gasteiger partial charge in [0.1, 0.15) is 5.76 Å². The topological polar surface area (TPSA) is 58.8 Å². The molecule has 22 heavy (non-hydrogen) atoms. The van der Waals surface area contributed by atoms with Crippen LogP contribution in [-0.2, 0) is 11.2 Å². The Balaban J connectivity index is 1.81. The van der Waals surface area contributed by atoms with Crippen LogP contribution >= 0.6 is 0 Å². The van der Waals surface area contributed by atoms with Gasteiger partial charge in [0.15, 0.2) is 5.69 Å². The smallest absolute Gasteiger partial charge is 0.275 e. The summed E-state index contributed by atoms with van der Waals surface area (Å²) in [6.07, 6.45) is 2.93. The average molecular weight is 309 g/mol. The monoisotopic (exact) mass is 309 g/mol. The predicted molar refractivity (Wildman–Crippen MR) is 83.9 cm³/mol. The van der Waals surface area contributed by atoms with Crippen molar-refractivity contribution in [2.24, 2.45) is 5.92 Å². The molecule has 0 aliphatic carbocycles. The minimum atomic E-state index is -0.0542. The van der Waals surface area contributed by atoms with Crippen molar-refractivity contribution < 1.29 is 14.1 Å².